The normalized spacial score (nSPS) is 22.3. The lowest BCUT2D eigenvalue weighted by Gasteiger charge is -2.13. The van der Waals surface area contributed by atoms with Crippen molar-refractivity contribution < 1.29 is 24.2 Å². The molecule has 6 heteroatoms. The maximum Gasteiger partial charge on any atom is 0.334 e. The summed E-state index contributed by atoms with van der Waals surface area (Å²) in [5.74, 6) is -1.41. The molecule has 0 aliphatic carbocycles. The molecule has 0 aromatic heterocycles. The molecule has 0 radical (unpaired) electrons. The lowest BCUT2D eigenvalue weighted by molar-refractivity contribution is -0.148. The van der Waals surface area contributed by atoms with Crippen LogP contribution in [0.3, 0.4) is 0 Å². The van der Waals surface area contributed by atoms with Gasteiger partial charge in [-0.1, -0.05) is 0 Å². The van der Waals surface area contributed by atoms with Crippen LogP contribution < -0.4 is 5.32 Å². The number of carbonyl (C=O) groups excluding carboxylic acids is 1. The molecule has 0 bridgehead atoms. The number of nitrogens with one attached hydrogen (secondary N) is 1. The zero-order valence-corrected chi connectivity index (χ0v) is 8.56. The Kier molecular flexibility index (Phi) is 4.51. The summed E-state index contributed by atoms with van der Waals surface area (Å²) < 4.78 is 9.73. The van der Waals surface area contributed by atoms with Crippen LogP contribution in [0.4, 0.5) is 0 Å². The third-order valence-corrected chi connectivity index (χ3v) is 2.32. The van der Waals surface area contributed by atoms with Gasteiger partial charge in [-0.2, -0.15) is 0 Å². The molecule has 0 saturated carbocycles. The largest absolute Gasteiger partial charge is 0.479 e. The van der Waals surface area contributed by atoms with Crippen LogP contribution in [0.1, 0.15) is 6.42 Å². The number of methoxy groups -OCH3 is 1. The van der Waals surface area contributed by atoms with Crippen LogP contribution in [-0.2, 0) is 19.1 Å². The molecule has 1 rings (SSSR count). The fourth-order valence-electron chi connectivity index (χ4n) is 1.35. The number of ether oxygens (including phenoxy) is 2. The molecule has 15 heavy (non-hydrogen) atoms. The maximum absolute atomic E-state index is 11.4. The first kappa shape index (κ1) is 11.9. The monoisotopic (exact) mass is 217 g/mol. The molecule has 6 nitrogen and oxygen atoms in total. The minimum absolute atomic E-state index is 0.0127. The van der Waals surface area contributed by atoms with Gasteiger partial charge in [0.1, 0.15) is 0 Å². The first-order valence-electron chi connectivity index (χ1n) is 4.76. The molecule has 1 aliphatic heterocycles. The molecule has 0 aromatic rings. The number of hydrogen-bond acceptors (Lipinski definition) is 4. The second-order valence-electron chi connectivity index (χ2n) is 3.37. The summed E-state index contributed by atoms with van der Waals surface area (Å²) in [6.07, 6.45) is -0.299. The Bertz CT molecular complexity index is 237. The fourth-order valence-corrected chi connectivity index (χ4v) is 1.35. The van der Waals surface area contributed by atoms with Gasteiger partial charge in [0.15, 0.2) is 6.10 Å². The Morgan fingerprint density at radius 3 is 2.87 bits per heavy atom. The number of carboxylic acids is 1. The quantitative estimate of drug-likeness (QED) is 0.632. The first-order chi connectivity index (χ1) is 7.15. The van der Waals surface area contributed by atoms with E-state index >= 15 is 0 Å². The van der Waals surface area contributed by atoms with Crippen LogP contribution in [0.2, 0.25) is 0 Å². The maximum atomic E-state index is 11.4. The zero-order valence-electron chi connectivity index (χ0n) is 8.56. The van der Waals surface area contributed by atoms with Crippen LogP contribution in [0, 0.1) is 5.92 Å². The van der Waals surface area contributed by atoms with E-state index in [4.69, 9.17) is 9.84 Å². The summed E-state index contributed by atoms with van der Waals surface area (Å²) in [5, 5.41) is 11.2. The Morgan fingerprint density at radius 2 is 2.40 bits per heavy atom. The van der Waals surface area contributed by atoms with Gasteiger partial charge < -0.3 is 19.9 Å². The highest BCUT2D eigenvalue weighted by Crippen LogP contribution is 2.11. The van der Waals surface area contributed by atoms with Gasteiger partial charge in [0.05, 0.1) is 19.1 Å². The minimum atomic E-state index is -1.08. The van der Waals surface area contributed by atoms with Crippen molar-refractivity contribution in [1.29, 1.82) is 0 Å². The topological polar surface area (TPSA) is 84.9 Å². The van der Waals surface area contributed by atoms with Crippen molar-refractivity contribution >= 4 is 11.9 Å². The summed E-state index contributed by atoms with van der Waals surface area (Å²) in [7, 11) is 1.30. The molecule has 1 heterocycles. The van der Waals surface area contributed by atoms with Gasteiger partial charge in [-0.25, -0.2) is 4.79 Å². The summed E-state index contributed by atoms with van der Waals surface area (Å²) in [6, 6.07) is 0. The van der Waals surface area contributed by atoms with Crippen molar-refractivity contribution in [3.8, 4) is 0 Å². The van der Waals surface area contributed by atoms with E-state index in [1.807, 2.05) is 0 Å². The highest BCUT2D eigenvalue weighted by Gasteiger charge is 2.25. The molecule has 2 unspecified atom stereocenters. The third-order valence-electron chi connectivity index (χ3n) is 2.32. The van der Waals surface area contributed by atoms with Gasteiger partial charge in [-0.05, 0) is 6.42 Å². The van der Waals surface area contributed by atoms with Crippen molar-refractivity contribution in [3.63, 3.8) is 0 Å². The SMILES string of the molecule is COC(CNC(=O)C1CCOC1)C(=O)O. The van der Waals surface area contributed by atoms with Crippen LogP contribution in [0.25, 0.3) is 0 Å². The lowest BCUT2D eigenvalue weighted by Crippen LogP contribution is -2.40. The summed E-state index contributed by atoms with van der Waals surface area (Å²) in [6.45, 7) is 0.989. The standard InChI is InChI=1S/C9H15NO5/c1-14-7(9(12)13)4-10-8(11)6-2-3-15-5-6/h6-7H,2-5H2,1H3,(H,10,11)(H,12,13). The molecule has 86 valence electrons. The van der Waals surface area contributed by atoms with E-state index in [1.54, 1.807) is 0 Å². The van der Waals surface area contributed by atoms with Crippen molar-refractivity contribution in [3.05, 3.63) is 0 Å². The summed E-state index contributed by atoms with van der Waals surface area (Å²) in [5.41, 5.74) is 0. The number of hydrogen-bond donors (Lipinski definition) is 2. The van der Waals surface area contributed by atoms with Gasteiger partial charge in [0.25, 0.3) is 0 Å². The van der Waals surface area contributed by atoms with Crippen molar-refractivity contribution in [1.82, 2.24) is 5.32 Å². The number of carbonyl (C=O) groups is 2. The smallest absolute Gasteiger partial charge is 0.334 e. The van der Waals surface area contributed by atoms with E-state index in [0.29, 0.717) is 19.6 Å². The van der Waals surface area contributed by atoms with Gasteiger partial charge in [-0.15, -0.1) is 0 Å². The molecule has 0 spiro atoms. The van der Waals surface area contributed by atoms with Crippen molar-refractivity contribution in [2.75, 3.05) is 26.9 Å². The van der Waals surface area contributed by atoms with Crippen LogP contribution >= 0.6 is 0 Å². The lowest BCUT2D eigenvalue weighted by atomic mass is 10.1. The molecular weight excluding hydrogens is 202 g/mol. The summed E-state index contributed by atoms with van der Waals surface area (Å²) >= 11 is 0. The van der Waals surface area contributed by atoms with Gasteiger partial charge in [0, 0.05) is 13.7 Å². The molecule has 0 aromatic carbocycles. The van der Waals surface area contributed by atoms with Crippen LogP contribution in [-0.4, -0.2) is 50.0 Å². The molecule has 1 amide bonds. The second-order valence-corrected chi connectivity index (χ2v) is 3.37. The van der Waals surface area contributed by atoms with E-state index in [0.717, 1.165) is 0 Å². The predicted octanol–water partition coefficient (Wildman–Crippen LogP) is -0.761. The zero-order chi connectivity index (χ0) is 11.3. The average Bonchev–Trinajstić information content (AvgIpc) is 2.70. The Hall–Kier alpha value is -1.14. The van der Waals surface area contributed by atoms with Crippen LogP contribution in [0.5, 0.6) is 0 Å². The molecule has 1 fully saturated rings. The average molecular weight is 217 g/mol. The number of carboxylic acid groups (broad SMARTS) is 1. The number of rotatable bonds is 5. The van der Waals surface area contributed by atoms with E-state index < -0.39 is 12.1 Å². The second kappa shape index (κ2) is 5.67. The number of amides is 1. The van der Waals surface area contributed by atoms with E-state index in [-0.39, 0.29) is 18.4 Å². The first-order valence-corrected chi connectivity index (χ1v) is 4.76. The van der Waals surface area contributed by atoms with Crippen molar-refractivity contribution in [2.24, 2.45) is 5.92 Å². The van der Waals surface area contributed by atoms with E-state index in [2.05, 4.69) is 10.1 Å². The fraction of sp³-hybridized carbons (Fsp3) is 0.778. The third kappa shape index (κ3) is 3.49. The molecule has 1 saturated heterocycles. The van der Waals surface area contributed by atoms with E-state index in [9.17, 15) is 9.59 Å². The Balaban J connectivity index is 2.28. The van der Waals surface area contributed by atoms with Crippen LogP contribution in [0.15, 0.2) is 0 Å². The van der Waals surface area contributed by atoms with Gasteiger partial charge >= 0.3 is 5.97 Å². The molecule has 1 aliphatic rings. The highest BCUT2D eigenvalue weighted by molar-refractivity contribution is 5.80. The summed E-state index contributed by atoms with van der Waals surface area (Å²) in [4.78, 5) is 22.0. The Morgan fingerprint density at radius 1 is 1.67 bits per heavy atom. The predicted molar refractivity (Wildman–Crippen MR) is 50.4 cm³/mol. The van der Waals surface area contributed by atoms with Gasteiger partial charge in [0.2, 0.25) is 5.91 Å². The highest BCUT2D eigenvalue weighted by atomic mass is 16.5. The molecular formula is C9H15NO5. The van der Waals surface area contributed by atoms with Crippen molar-refractivity contribution in [2.45, 2.75) is 12.5 Å². The molecule has 2 atom stereocenters. The minimum Gasteiger partial charge on any atom is -0.479 e. The molecule has 2 N–H and O–H groups in total. The Labute approximate surface area is 87.5 Å². The number of aliphatic carboxylic acids is 1. The van der Waals surface area contributed by atoms with E-state index in [1.165, 1.54) is 7.11 Å². The van der Waals surface area contributed by atoms with Gasteiger partial charge in [-0.3, -0.25) is 4.79 Å².